The van der Waals surface area contributed by atoms with Gasteiger partial charge >= 0.3 is 6.61 Å². The van der Waals surface area contributed by atoms with Crippen LogP contribution < -0.4 is 15.0 Å². The van der Waals surface area contributed by atoms with Crippen LogP contribution in [-0.2, 0) is 11.3 Å². The first-order valence-electron chi connectivity index (χ1n) is 7.76. The summed E-state index contributed by atoms with van der Waals surface area (Å²) in [5, 5.41) is 2.63. The molecular weight excluding hydrogens is 346 g/mol. The first-order valence-corrected chi connectivity index (χ1v) is 8.98. The predicted octanol–water partition coefficient (Wildman–Crippen LogP) is 2.66. The Morgan fingerprint density at radius 3 is 2.52 bits per heavy atom. The topological polar surface area (TPSA) is 42.8 Å². The van der Waals surface area contributed by atoms with Crippen molar-refractivity contribution in [2.75, 3.05) is 25.2 Å². The van der Waals surface area contributed by atoms with E-state index >= 15 is 0 Å². The highest BCUT2D eigenvalue weighted by Gasteiger charge is 2.14. The van der Waals surface area contributed by atoms with E-state index in [9.17, 15) is 13.6 Å². The molecule has 7 heteroatoms. The maximum Gasteiger partial charge on any atom is 0.387 e. The van der Waals surface area contributed by atoms with Crippen molar-refractivity contribution in [3.05, 3.63) is 54.1 Å². The fourth-order valence-corrected chi connectivity index (χ4v) is 2.80. The van der Waals surface area contributed by atoms with E-state index in [1.54, 1.807) is 23.9 Å². The molecule has 0 heterocycles. The van der Waals surface area contributed by atoms with Gasteiger partial charge in [-0.15, -0.1) is 11.8 Å². The minimum atomic E-state index is -2.93. The Hall–Kier alpha value is -2.12. The van der Waals surface area contributed by atoms with Crippen LogP contribution in [0.1, 0.15) is 5.56 Å². The zero-order valence-electron chi connectivity index (χ0n) is 14.1. The highest BCUT2D eigenvalue weighted by Crippen LogP contribution is 2.25. The van der Waals surface area contributed by atoms with E-state index < -0.39 is 6.61 Å². The SMILES string of the molecule is CSc1ccc(C[NH+](C)CC(=O)Nc2ccccc2OC(F)F)cc1. The van der Waals surface area contributed by atoms with Gasteiger partial charge in [-0.25, -0.2) is 0 Å². The molecule has 2 aromatic rings. The number of hydrogen-bond acceptors (Lipinski definition) is 3. The van der Waals surface area contributed by atoms with Crippen molar-refractivity contribution in [2.24, 2.45) is 0 Å². The fraction of sp³-hybridized carbons (Fsp3) is 0.278. The second-order valence-corrected chi connectivity index (χ2v) is 6.46. The zero-order valence-corrected chi connectivity index (χ0v) is 14.9. The lowest BCUT2D eigenvalue weighted by molar-refractivity contribution is -0.885. The molecule has 0 aliphatic rings. The molecule has 1 unspecified atom stereocenters. The Kier molecular flexibility index (Phi) is 7.21. The summed E-state index contributed by atoms with van der Waals surface area (Å²) in [6.07, 6.45) is 2.02. The number of alkyl halides is 2. The van der Waals surface area contributed by atoms with Crippen molar-refractivity contribution in [1.29, 1.82) is 0 Å². The van der Waals surface area contributed by atoms with E-state index in [-0.39, 0.29) is 23.9 Å². The van der Waals surface area contributed by atoms with E-state index in [0.29, 0.717) is 6.54 Å². The summed E-state index contributed by atoms with van der Waals surface area (Å²) in [5.74, 6) is -0.306. The molecule has 2 N–H and O–H groups in total. The number of anilines is 1. The van der Waals surface area contributed by atoms with E-state index in [4.69, 9.17) is 0 Å². The van der Waals surface area contributed by atoms with Gasteiger partial charge in [0, 0.05) is 10.5 Å². The second kappa shape index (κ2) is 9.39. The molecule has 0 fully saturated rings. The number of nitrogens with one attached hydrogen (secondary N) is 2. The highest BCUT2D eigenvalue weighted by molar-refractivity contribution is 7.98. The van der Waals surface area contributed by atoms with Gasteiger partial charge in [0.25, 0.3) is 5.91 Å². The number of rotatable bonds is 8. The van der Waals surface area contributed by atoms with E-state index in [2.05, 4.69) is 10.1 Å². The number of hydrogen-bond donors (Lipinski definition) is 2. The lowest BCUT2D eigenvalue weighted by Crippen LogP contribution is -3.08. The number of benzene rings is 2. The summed E-state index contributed by atoms with van der Waals surface area (Å²) in [6.45, 7) is -2.03. The molecule has 2 rings (SSSR count). The van der Waals surface area contributed by atoms with Crippen LogP contribution in [0.2, 0.25) is 0 Å². The quantitative estimate of drug-likeness (QED) is 0.705. The van der Waals surface area contributed by atoms with Gasteiger partial charge in [-0.2, -0.15) is 8.78 Å². The van der Waals surface area contributed by atoms with E-state index in [1.165, 1.54) is 17.0 Å². The van der Waals surface area contributed by atoms with Gasteiger partial charge in [0.1, 0.15) is 12.3 Å². The van der Waals surface area contributed by atoms with Crippen LogP contribution in [-0.4, -0.2) is 32.4 Å². The number of quaternary nitrogens is 1. The lowest BCUT2D eigenvalue weighted by atomic mass is 10.2. The van der Waals surface area contributed by atoms with Crippen LogP contribution >= 0.6 is 11.8 Å². The minimum Gasteiger partial charge on any atom is -0.433 e. The Balaban J connectivity index is 1.91. The average molecular weight is 367 g/mol. The summed E-state index contributed by atoms with van der Waals surface area (Å²) >= 11 is 1.68. The third-order valence-electron chi connectivity index (χ3n) is 3.50. The Morgan fingerprint density at radius 2 is 1.88 bits per heavy atom. The van der Waals surface area contributed by atoms with Crippen LogP contribution in [0.15, 0.2) is 53.4 Å². The van der Waals surface area contributed by atoms with Crippen molar-refractivity contribution in [3.8, 4) is 5.75 Å². The summed E-state index contributed by atoms with van der Waals surface area (Å²) in [5.41, 5.74) is 1.37. The molecule has 134 valence electrons. The van der Waals surface area contributed by atoms with Crippen molar-refractivity contribution in [1.82, 2.24) is 0 Å². The number of carbonyl (C=O) groups excluding carboxylic acids is 1. The molecule has 2 aromatic carbocycles. The van der Waals surface area contributed by atoms with Gasteiger partial charge in [0.05, 0.1) is 12.7 Å². The zero-order chi connectivity index (χ0) is 18.2. The largest absolute Gasteiger partial charge is 0.433 e. The summed E-state index contributed by atoms with van der Waals surface area (Å²) in [7, 11) is 1.91. The molecule has 0 aromatic heterocycles. The van der Waals surface area contributed by atoms with E-state index in [1.807, 2.05) is 37.6 Å². The number of ether oxygens (including phenoxy) is 1. The molecular formula is C18H21F2N2O2S+. The Bertz CT molecular complexity index is 696. The van der Waals surface area contributed by atoms with E-state index in [0.717, 1.165) is 10.5 Å². The van der Waals surface area contributed by atoms with Crippen LogP contribution in [0.5, 0.6) is 5.75 Å². The number of thioether (sulfide) groups is 1. The predicted molar refractivity (Wildman–Crippen MR) is 95.4 cm³/mol. The maximum atomic E-state index is 12.4. The third kappa shape index (κ3) is 6.36. The van der Waals surface area contributed by atoms with Crippen LogP contribution in [0.4, 0.5) is 14.5 Å². The molecule has 4 nitrogen and oxygen atoms in total. The van der Waals surface area contributed by atoms with Crippen LogP contribution in [0.25, 0.3) is 0 Å². The number of carbonyl (C=O) groups is 1. The normalized spacial score (nSPS) is 12.0. The fourth-order valence-electron chi connectivity index (χ4n) is 2.39. The first-order chi connectivity index (χ1) is 12.0. The maximum absolute atomic E-state index is 12.4. The third-order valence-corrected chi connectivity index (χ3v) is 4.25. The molecule has 0 aliphatic heterocycles. The summed E-state index contributed by atoms with van der Waals surface area (Å²) in [6, 6.07) is 14.3. The van der Waals surface area contributed by atoms with Gasteiger partial charge in [0.2, 0.25) is 0 Å². The Morgan fingerprint density at radius 1 is 1.20 bits per heavy atom. The average Bonchev–Trinajstić information content (AvgIpc) is 2.56. The summed E-state index contributed by atoms with van der Waals surface area (Å²) in [4.78, 5) is 14.4. The molecule has 0 spiro atoms. The molecule has 25 heavy (non-hydrogen) atoms. The molecule has 1 amide bonds. The second-order valence-electron chi connectivity index (χ2n) is 5.58. The number of amides is 1. The lowest BCUT2D eigenvalue weighted by Gasteiger charge is -2.15. The standard InChI is InChI=1S/C18H20F2N2O2S/c1-22(11-13-7-9-14(25-2)10-8-13)12-17(23)21-15-5-3-4-6-16(15)24-18(19)20/h3-10,18H,11-12H2,1-2H3,(H,21,23)/p+1. The van der Waals surface area contributed by atoms with Crippen molar-refractivity contribution < 1.29 is 23.2 Å². The van der Waals surface area contributed by atoms with Gasteiger partial charge in [-0.3, -0.25) is 4.79 Å². The minimum absolute atomic E-state index is 0.0452. The molecule has 0 saturated heterocycles. The molecule has 0 bridgehead atoms. The summed E-state index contributed by atoms with van der Waals surface area (Å²) < 4.78 is 29.2. The molecule has 1 atom stereocenters. The number of halogens is 2. The molecule has 0 radical (unpaired) electrons. The molecule has 0 aliphatic carbocycles. The van der Waals surface area contributed by atoms with Gasteiger partial charge in [-0.1, -0.05) is 24.3 Å². The molecule has 0 saturated carbocycles. The van der Waals surface area contributed by atoms with Gasteiger partial charge < -0.3 is 15.0 Å². The van der Waals surface area contributed by atoms with Crippen LogP contribution in [0.3, 0.4) is 0 Å². The Labute approximate surface area is 150 Å². The highest BCUT2D eigenvalue weighted by atomic mass is 32.2. The van der Waals surface area contributed by atoms with Crippen molar-refractivity contribution >= 4 is 23.4 Å². The van der Waals surface area contributed by atoms with Crippen molar-refractivity contribution in [3.63, 3.8) is 0 Å². The smallest absolute Gasteiger partial charge is 0.387 e. The number of para-hydroxylation sites is 2. The van der Waals surface area contributed by atoms with Crippen molar-refractivity contribution in [2.45, 2.75) is 18.1 Å². The van der Waals surface area contributed by atoms with Gasteiger partial charge in [-0.05, 0) is 30.5 Å². The number of likely N-dealkylation sites (N-methyl/N-ethyl adjacent to an activating group) is 1. The first kappa shape index (κ1) is 19.2. The van der Waals surface area contributed by atoms with Gasteiger partial charge in [0.15, 0.2) is 6.54 Å². The monoisotopic (exact) mass is 367 g/mol. The van der Waals surface area contributed by atoms with Crippen LogP contribution in [0, 0.1) is 0 Å².